The molecule has 0 saturated heterocycles. The van der Waals surface area contributed by atoms with Crippen molar-refractivity contribution < 1.29 is 32.2 Å². The van der Waals surface area contributed by atoms with Gasteiger partial charge in [-0.05, 0) is 50.1 Å². The van der Waals surface area contributed by atoms with Gasteiger partial charge in [0.15, 0.2) is 0 Å². The second-order valence-electron chi connectivity index (χ2n) is 7.49. The Morgan fingerprint density at radius 3 is 2.44 bits per heavy atom. The normalized spacial score (nSPS) is 15.4. The number of ether oxygens (including phenoxy) is 2. The first kappa shape index (κ1) is 23.3. The first-order valence-electron chi connectivity index (χ1n) is 9.78. The topological polar surface area (TPSA) is 116 Å². The molecule has 1 aliphatic carbocycles. The van der Waals surface area contributed by atoms with E-state index >= 15 is 0 Å². The van der Waals surface area contributed by atoms with Gasteiger partial charge in [0.25, 0.3) is 0 Å². The summed E-state index contributed by atoms with van der Waals surface area (Å²) in [6, 6.07) is 5.63. The number of rotatable bonds is 8. The molecule has 1 fully saturated rings. The standard InChI is InChI=1S/C21H23F3N4O4/c1-12(25)18(29)28-20(7-8-20)19(30)27-10-13-3-4-15(11-26-13)32-17-6-5-14(31-2)9-16(17)21(22,23)24/h3-6,9,11-12H,7-8,10,25H2,1-2H3,(H,27,30)(H,28,29). The number of amides is 2. The molecule has 1 heterocycles. The predicted molar refractivity (Wildman–Crippen MR) is 108 cm³/mol. The fourth-order valence-electron chi connectivity index (χ4n) is 2.87. The molecule has 172 valence electrons. The number of nitrogens with zero attached hydrogens (tertiary/aromatic N) is 1. The molecule has 1 unspecified atom stereocenters. The van der Waals surface area contributed by atoms with Gasteiger partial charge >= 0.3 is 6.18 Å². The summed E-state index contributed by atoms with van der Waals surface area (Å²) in [5, 5.41) is 5.34. The number of benzene rings is 1. The molecule has 1 aliphatic rings. The van der Waals surface area contributed by atoms with Gasteiger partial charge in [-0.3, -0.25) is 14.6 Å². The van der Waals surface area contributed by atoms with Crippen LogP contribution in [0.15, 0.2) is 36.5 Å². The molecule has 0 radical (unpaired) electrons. The number of nitrogens with two attached hydrogens (primary N) is 1. The highest BCUT2D eigenvalue weighted by molar-refractivity contribution is 5.95. The van der Waals surface area contributed by atoms with Crippen LogP contribution in [0.4, 0.5) is 13.2 Å². The smallest absolute Gasteiger partial charge is 0.420 e. The van der Waals surface area contributed by atoms with Crippen molar-refractivity contribution in [1.82, 2.24) is 15.6 Å². The molecule has 32 heavy (non-hydrogen) atoms. The van der Waals surface area contributed by atoms with E-state index in [1.54, 1.807) is 0 Å². The van der Waals surface area contributed by atoms with E-state index in [0.29, 0.717) is 18.5 Å². The highest BCUT2D eigenvalue weighted by atomic mass is 19.4. The molecule has 1 aromatic heterocycles. The molecule has 1 saturated carbocycles. The third-order valence-corrected chi connectivity index (χ3v) is 4.91. The Bertz CT molecular complexity index is 990. The van der Waals surface area contributed by atoms with Gasteiger partial charge in [0.1, 0.15) is 28.4 Å². The minimum atomic E-state index is -4.63. The monoisotopic (exact) mass is 452 g/mol. The molecule has 0 bridgehead atoms. The fraction of sp³-hybridized carbons (Fsp3) is 0.381. The lowest BCUT2D eigenvalue weighted by atomic mass is 10.2. The lowest BCUT2D eigenvalue weighted by Gasteiger charge is -2.18. The quantitative estimate of drug-likeness (QED) is 0.567. The molecule has 3 rings (SSSR count). The summed E-state index contributed by atoms with van der Waals surface area (Å²) >= 11 is 0. The van der Waals surface area contributed by atoms with E-state index in [1.807, 2.05) is 0 Å². The van der Waals surface area contributed by atoms with Gasteiger partial charge in [0.2, 0.25) is 11.8 Å². The van der Waals surface area contributed by atoms with Crippen LogP contribution in [0, 0.1) is 0 Å². The van der Waals surface area contributed by atoms with Crippen molar-refractivity contribution >= 4 is 11.8 Å². The van der Waals surface area contributed by atoms with Crippen LogP contribution in [-0.2, 0) is 22.3 Å². The predicted octanol–water partition coefficient (Wildman–Crippen LogP) is 2.51. The van der Waals surface area contributed by atoms with Gasteiger partial charge in [-0.15, -0.1) is 0 Å². The molecule has 2 aromatic rings. The average molecular weight is 452 g/mol. The van der Waals surface area contributed by atoms with Crippen molar-refractivity contribution in [2.24, 2.45) is 5.73 Å². The van der Waals surface area contributed by atoms with Crippen LogP contribution in [0.5, 0.6) is 17.2 Å². The van der Waals surface area contributed by atoms with E-state index in [1.165, 1.54) is 44.5 Å². The number of methoxy groups -OCH3 is 1. The van der Waals surface area contributed by atoms with E-state index in [2.05, 4.69) is 15.6 Å². The number of halogens is 3. The van der Waals surface area contributed by atoms with Gasteiger partial charge < -0.3 is 25.8 Å². The number of nitrogens with one attached hydrogen (secondary N) is 2. The SMILES string of the molecule is COc1ccc(Oc2ccc(CNC(=O)C3(NC(=O)C(C)N)CC3)nc2)c(C(F)(F)F)c1. The number of pyridine rings is 1. The Labute approximate surface area is 182 Å². The molecule has 4 N–H and O–H groups in total. The van der Waals surface area contributed by atoms with E-state index < -0.39 is 29.2 Å². The van der Waals surface area contributed by atoms with E-state index in [-0.39, 0.29) is 29.7 Å². The van der Waals surface area contributed by atoms with Crippen molar-refractivity contribution in [2.45, 2.75) is 44.1 Å². The van der Waals surface area contributed by atoms with E-state index in [9.17, 15) is 22.8 Å². The number of carbonyl (C=O) groups excluding carboxylic acids is 2. The van der Waals surface area contributed by atoms with Crippen molar-refractivity contribution in [3.63, 3.8) is 0 Å². The van der Waals surface area contributed by atoms with Crippen LogP contribution < -0.4 is 25.8 Å². The molecule has 2 amide bonds. The van der Waals surface area contributed by atoms with Gasteiger partial charge in [0.05, 0.1) is 31.6 Å². The summed E-state index contributed by atoms with van der Waals surface area (Å²) in [6.45, 7) is 1.60. The zero-order valence-corrected chi connectivity index (χ0v) is 17.5. The molecular weight excluding hydrogens is 429 g/mol. The van der Waals surface area contributed by atoms with Crippen LogP contribution in [0.1, 0.15) is 31.0 Å². The van der Waals surface area contributed by atoms with Crippen LogP contribution in [-0.4, -0.2) is 35.5 Å². The minimum absolute atomic E-state index is 0.0550. The Balaban J connectivity index is 1.62. The molecule has 1 atom stereocenters. The second kappa shape index (κ2) is 9.03. The summed E-state index contributed by atoms with van der Waals surface area (Å²) in [7, 11) is 1.27. The lowest BCUT2D eigenvalue weighted by molar-refractivity contribution is -0.138. The lowest BCUT2D eigenvalue weighted by Crippen LogP contribution is -2.52. The number of aromatic nitrogens is 1. The summed E-state index contributed by atoms with van der Waals surface area (Å²) in [4.78, 5) is 28.3. The maximum Gasteiger partial charge on any atom is 0.420 e. The van der Waals surface area contributed by atoms with Gasteiger partial charge in [0, 0.05) is 0 Å². The molecule has 1 aromatic carbocycles. The molecular formula is C21H23F3N4O4. The minimum Gasteiger partial charge on any atom is -0.497 e. The molecule has 0 aliphatic heterocycles. The molecule has 8 nitrogen and oxygen atoms in total. The Morgan fingerprint density at radius 1 is 1.22 bits per heavy atom. The molecule has 0 spiro atoms. The number of hydrogen-bond donors (Lipinski definition) is 3. The first-order valence-corrected chi connectivity index (χ1v) is 9.78. The third-order valence-electron chi connectivity index (χ3n) is 4.91. The third kappa shape index (κ3) is 5.47. The zero-order valence-electron chi connectivity index (χ0n) is 17.5. The number of carbonyl (C=O) groups is 2. The Morgan fingerprint density at radius 2 is 1.91 bits per heavy atom. The van der Waals surface area contributed by atoms with Crippen molar-refractivity contribution in [3.8, 4) is 17.2 Å². The first-order chi connectivity index (χ1) is 15.0. The molecule has 11 heteroatoms. The van der Waals surface area contributed by atoms with Crippen molar-refractivity contribution in [2.75, 3.05) is 7.11 Å². The summed E-state index contributed by atoms with van der Waals surface area (Å²) in [6.07, 6.45) is -2.34. The van der Waals surface area contributed by atoms with Crippen molar-refractivity contribution in [3.05, 3.63) is 47.8 Å². The van der Waals surface area contributed by atoms with Crippen LogP contribution in [0.2, 0.25) is 0 Å². The second-order valence-corrected chi connectivity index (χ2v) is 7.49. The van der Waals surface area contributed by atoms with Crippen LogP contribution in [0.3, 0.4) is 0 Å². The van der Waals surface area contributed by atoms with Crippen molar-refractivity contribution in [1.29, 1.82) is 0 Å². The fourth-order valence-corrected chi connectivity index (χ4v) is 2.87. The number of hydrogen-bond acceptors (Lipinski definition) is 6. The van der Waals surface area contributed by atoms with Gasteiger partial charge in [-0.1, -0.05) is 0 Å². The summed E-state index contributed by atoms with van der Waals surface area (Å²) in [5.41, 5.74) is 4.06. The summed E-state index contributed by atoms with van der Waals surface area (Å²) < 4.78 is 50.1. The highest BCUT2D eigenvalue weighted by Crippen LogP contribution is 2.40. The Kier molecular flexibility index (Phi) is 6.58. The Hall–Kier alpha value is -3.34. The maximum atomic E-state index is 13.3. The number of alkyl halides is 3. The van der Waals surface area contributed by atoms with E-state index in [4.69, 9.17) is 15.2 Å². The van der Waals surface area contributed by atoms with Crippen LogP contribution >= 0.6 is 0 Å². The van der Waals surface area contributed by atoms with Gasteiger partial charge in [-0.2, -0.15) is 13.2 Å². The van der Waals surface area contributed by atoms with Crippen LogP contribution in [0.25, 0.3) is 0 Å². The highest BCUT2D eigenvalue weighted by Gasteiger charge is 2.51. The zero-order chi connectivity index (χ0) is 23.5. The van der Waals surface area contributed by atoms with Gasteiger partial charge in [-0.25, -0.2) is 0 Å². The average Bonchev–Trinajstić information content (AvgIpc) is 3.53. The van der Waals surface area contributed by atoms with E-state index in [0.717, 1.165) is 6.07 Å². The maximum absolute atomic E-state index is 13.3. The summed E-state index contributed by atoms with van der Waals surface area (Å²) in [5.74, 6) is -0.990. The largest absolute Gasteiger partial charge is 0.497 e.